The molecule has 92 valence electrons. The van der Waals surface area contributed by atoms with Crippen LogP contribution in [0.15, 0.2) is 0 Å². The minimum absolute atomic E-state index is 0.251. The molecule has 1 rings (SSSR count). The molecule has 0 aliphatic rings. The van der Waals surface area contributed by atoms with Crippen LogP contribution in [0.4, 0.5) is 0 Å². The molecule has 0 aliphatic heterocycles. The Kier molecular flexibility index (Phi) is 4.41. The van der Waals surface area contributed by atoms with Gasteiger partial charge in [-0.25, -0.2) is 0 Å². The van der Waals surface area contributed by atoms with Crippen molar-refractivity contribution in [3.63, 3.8) is 0 Å². The average molecular weight is 225 g/mol. The zero-order chi connectivity index (χ0) is 12.2. The minimum atomic E-state index is 0.251. The van der Waals surface area contributed by atoms with Crippen LogP contribution in [0.1, 0.15) is 33.5 Å². The molecule has 5 nitrogen and oxygen atoms in total. The zero-order valence-corrected chi connectivity index (χ0v) is 11.0. The summed E-state index contributed by atoms with van der Waals surface area (Å²) in [5, 5.41) is 15.6. The molecule has 1 unspecified atom stereocenters. The Morgan fingerprint density at radius 1 is 1.38 bits per heavy atom. The topological polar surface area (TPSA) is 55.6 Å². The van der Waals surface area contributed by atoms with E-state index in [1.165, 1.54) is 4.80 Å². The van der Waals surface area contributed by atoms with Crippen LogP contribution in [0.2, 0.25) is 0 Å². The zero-order valence-electron chi connectivity index (χ0n) is 11.0. The highest BCUT2D eigenvalue weighted by Gasteiger charge is 2.25. The Bertz CT molecular complexity index is 312. The third-order valence-corrected chi connectivity index (χ3v) is 2.84. The molecular formula is C11H23N5. The van der Waals surface area contributed by atoms with Crippen molar-refractivity contribution in [2.24, 2.45) is 18.4 Å². The third-order valence-electron chi connectivity index (χ3n) is 2.84. The monoisotopic (exact) mass is 225 g/mol. The Hall–Kier alpha value is -0.970. The summed E-state index contributed by atoms with van der Waals surface area (Å²) in [6.45, 7) is 10.9. The summed E-state index contributed by atoms with van der Waals surface area (Å²) in [5.41, 5.74) is 0.251. The number of rotatable bonds is 5. The van der Waals surface area contributed by atoms with E-state index in [0.717, 1.165) is 25.3 Å². The SMILES string of the molecule is CCNCC(Cc1nnn(C)n1)C(C)(C)C. The largest absolute Gasteiger partial charge is 0.317 e. The lowest BCUT2D eigenvalue weighted by molar-refractivity contribution is 0.228. The van der Waals surface area contributed by atoms with Gasteiger partial charge in [-0.05, 0) is 29.6 Å². The van der Waals surface area contributed by atoms with E-state index in [1.807, 2.05) is 0 Å². The first-order valence-electron chi connectivity index (χ1n) is 5.87. The van der Waals surface area contributed by atoms with Gasteiger partial charge in [-0.1, -0.05) is 27.7 Å². The van der Waals surface area contributed by atoms with E-state index in [-0.39, 0.29) is 5.41 Å². The predicted octanol–water partition coefficient (Wildman–Crippen LogP) is 1.02. The fraction of sp³-hybridized carbons (Fsp3) is 0.909. The van der Waals surface area contributed by atoms with E-state index in [4.69, 9.17) is 0 Å². The lowest BCUT2D eigenvalue weighted by atomic mass is 9.78. The van der Waals surface area contributed by atoms with E-state index in [2.05, 4.69) is 48.4 Å². The molecular weight excluding hydrogens is 202 g/mol. The first-order chi connectivity index (χ1) is 7.43. The fourth-order valence-corrected chi connectivity index (χ4v) is 1.63. The summed E-state index contributed by atoms with van der Waals surface area (Å²) in [5.74, 6) is 1.36. The molecule has 0 spiro atoms. The summed E-state index contributed by atoms with van der Waals surface area (Å²) >= 11 is 0. The standard InChI is InChI=1S/C11H23N5/c1-6-12-8-9(11(2,3)4)7-10-13-15-16(5)14-10/h9,12H,6-8H2,1-5H3. The molecule has 16 heavy (non-hydrogen) atoms. The van der Waals surface area contributed by atoms with Gasteiger partial charge in [0.05, 0.1) is 7.05 Å². The molecule has 1 atom stereocenters. The van der Waals surface area contributed by atoms with Gasteiger partial charge in [0.1, 0.15) is 0 Å². The Balaban J connectivity index is 2.63. The first-order valence-corrected chi connectivity index (χ1v) is 5.87. The second-order valence-electron chi connectivity index (χ2n) is 5.27. The molecule has 0 aliphatic carbocycles. The van der Waals surface area contributed by atoms with Gasteiger partial charge in [0.15, 0.2) is 5.82 Å². The van der Waals surface area contributed by atoms with Crippen molar-refractivity contribution in [1.82, 2.24) is 25.5 Å². The average Bonchev–Trinajstić information content (AvgIpc) is 2.57. The van der Waals surface area contributed by atoms with Crippen LogP contribution in [-0.2, 0) is 13.5 Å². The highest BCUT2D eigenvalue weighted by molar-refractivity contribution is 4.87. The molecule has 0 saturated heterocycles. The summed E-state index contributed by atoms with van der Waals surface area (Å²) in [7, 11) is 1.80. The number of hydrogen-bond acceptors (Lipinski definition) is 4. The smallest absolute Gasteiger partial charge is 0.175 e. The van der Waals surface area contributed by atoms with Gasteiger partial charge >= 0.3 is 0 Å². The van der Waals surface area contributed by atoms with Gasteiger partial charge in [0.25, 0.3) is 0 Å². The quantitative estimate of drug-likeness (QED) is 0.813. The van der Waals surface area contributed by atoms with Crippen molar-refractivity contribution in [2.75, 3.05) is 13.1 Å². The van der Waals surface area contributed by atoms with Gasteiger partial charge in [-0.15, -0.1) is 10.2 Å². The van der Waals surface area contributed by atoms with Crippen molar-refractivity contribution in [3.05, 3.63) is 5.82 Å². The fourth-order valence-electron chi connectivity index (χ4n) is 1.63. The summed E-state index contributed by atoms with van der Waals surface area (Å²) in [6, 6.07) is 0. The minimum Gasteiger partial charge on any atom is -0.317 e. The number of nitrogens with one attached hydrogen (secondary N) is 1. The lowest BCUT2D eigenvalue weighted by Crippen LogP contribution is -2.33. The molecule has 1 N–H and O–H groups in total. The van der Waals surface area contributed by atoms with Gasteiger partial charge in [-0.3, -0.25) is 0 Å². The highest BCUT2D eigenvalue weighted by Crippen LogP contribution is 2.27. The molecule has 1 heterocycles. The van der Waals surface area contributed by atoms with Crippen molar-refractivity contribution in [1.29, 1.82) is 0 Å². The number of hydrogen-bond donors (Lipinski definition) is 1. The molecule has 0 saturated carbocycles. The van der Waals surface area contributed by atoms with Crippen LogP contribution in [-0.4, -0.2) is 33.3 Å². The maximum atomic E-state index is 4.24. The van der Waals surface area contributed by atoms with Crippen molar-refractivity contribution < 1.29 is 0 Å². The number of aromatic nitrogens is 4. The second-order valence-corrected chi connectivity index (χ2v) is 5.27. The van der Waals surface area contributed by atoms with Crippen LogP contribution >= 0.6 is 0 Å². The maximum Gasteiger partial charge on any atom is 0.175 e. The molecule has 0 bridgehead atoms. The number of nitrogens with zero attached hydrogens (tertiary/aromatic N) is 4. The van der Waals surface area contributed by atoms with Crippen LogP contribution in [0.5, 0.6) is 0 Å². The lowest BCUT2D eigenvalue weighted by Gasteiger charge is -2.30. The molecule has 5 heteroatoms. The first kappa shape index (κ1) is 13.1. The number of tetrazole rings is 1. The van der Waals surface area contributed by atoms with E-state index in [9.17, 15) is 0 Å². The number of aryl methyl sites for hydroxylation is 1. The second kappa shape index (κ2) is 5.39. The van der Waals surface area contributed by atoms with Crippen LogP contribution in [0, 0.1) is 11.3 Å². The molecule has 0 amide bonds. The normalized spacial score (nSPS) is 14.1. The van der Waals surface area contributed by atoms with Crippen LogP contribution in [0.25, 0.3) is 0 Å². The Morgan fingerprint density at radius 3 is 2.50 bits per heavy atom. The Labute approximate surface area is 97.6 Å². The molecule has 0 fully saturated rings. The predicted molar refractivity (Wildman–Crippen MR) is 64.0 cm³/mol. The van der Waals surface area contributed by atoms with Gasteiger partial charge in [0.2, 0.25) is 0 Å². The van der Waals surface area contributed by atoms with Crippen molar-refractivity contribution in [3.8, 4) is 0 Å². The summed E-state index contributed by atoms with van der Waals surface area (Å²) in [4.78, 5) is 1.52. The summed E-state index contributed by atoms with van der Waals surface area (Å²) in [6.07, 6.45) is 0.879. The van der Waals surface area contributed by atoms with E-state index >= 15 is 0 Å². The highest BCUT2D eigenvalue weighted by atomic mass is 15.6. The van der Waals surface area contributed by atoms with Crippen molar-refractivity contribution in [2.45, 2.75) is 34.1 Å². The molecule has 1 aromatic heterocycles. The molecule has 1 aromatic rings. The van der Waals surface area contributed by atoms with Crippen LogP contribution in [0.3, 0.4) is 0 Å². The van der Waals surface area contributed by atoms with Gasteiger partial charge < -0.3 is 5.32 Å². The third kappa shape index (κ3) is 3.89. The van der Waals surface area contributed by atoms with Gasteiger partial charge in [-0.2, -0.15) is 4.80 Å². The van der Waals surface area contributed by atoms with E-state index in [1.54, 1.807) is 7.05 Å². The molecule has 0 radical (unpaired) electrons. The summed E-state index contributed by atoms with van der Waals surface area (Å²) < 4.78 is 0. The van der Waals surface area contributed by atoms with Crippen LogP contribution < -0.4 is 5.32 Å². The Morgan fingerprint density at radius 2 is 2.06 bits per heavy atom. The van der Waals surface area contributed by atoms with E-state index < -0.39 is 0 Å². The van der Waals surface area contributed by atoms with Crippen molar-refractivity contribution >= 4 is 0 Å². The molecule has 0 aromatic carbocycles. The van der Waals surface area contributed by atoms with E-state index in [0.29, 0.717) is 5.92 Å². The van der Waals surface area contributed by atoms with Gasteiger partial charge in [0, 0.05) is 6.42 Å². The maximum absolute atomic E-state index is 4.24.